The monoisotopic (exact) mass is 268 g/mol. The maximum Gasteiger partial charge on any atom is 0.267 e. The van der Waals surface area contributed by atoms with Gasteiger partial charge in [0.15, 0.2) is 0 Å². The van der Waals surface area contributed by atoms with E-state index in [0.717, 1.165) is 0 Å². The van der Waals surface area contributed by atoms with Crippen LogP contribution in [0.1, 0.15) is 37.4 Å². The molecule has 5 heteroatoms. The molecule has 0 radical (unpaired) electrons. The van der Waals surface area contributed by atoms with E-state index in [1.165, 1.54) is 16.9 Å². The third-order valence-corrected chi connectivity index (χ3v) is 2.97. The number of rotatable bonds is 3. The molecule has 0 aliphatic carbocycles. The van der Waals surface area contributed by atoms with Crippen molar-refractivity contribution in [2.45, 2.75) is 33.2 Å². The first-order valence-electron chi connectivity index (χ1n) is 6.04. The molecule has 0 atom stereocenters. The molecule has 0 saturated heterocycles. The largest absolute Gasteiger partial charge is 0.269 e. The van der Waals surface area contributed by atoms with Crippen LogP contribution in [0.2, 0.25) is 0 Å². The topological polar surface area (TPSA) is 17.8 Å². The molecule has 102 valence electrons. The second-order valence-electron chi connectivity index (χ2n) is 4.77. The van der Waals surface area contributed by atoms with Gasteiger partial charge in [-0.15, -0.1) is 0 Å². The van der Waals surface area contributed by atoms with E-state index in [-0.39, 0.29) is 17.3 Å². The summed E-state index contributed by atoms with van der Waals surface area (Å²) in [6.45, 7) is 5.32. The van der Waals surface area contributed by atoms with Gasteiger partial charge < -0.3 is 0 Å². The molecule has 0 amide bonds. The Hall–Kier alpha value is -1.78. The molecular weight excluding hydrogens is 253 g/mol. The van der Waals surface area contributed by atoms with Crippen LogP contribution < -0.4 is 0 Å². The number of nitrogens with zero attached hydrogens (tertiary/aromatic N) is 2. The molecule has 1 aromatic carbocycles. The van der Waals surface area contributed by atoms with E-state index in [1.54, 1.807) is 19.1 Å². The smallest absolute Gasteiger partial charge is 0.267 e. The van der Waals surface area contributed by atoms with E-state index >= 15 is 0 Å². The number of hydrogen-bond acceptors (Lipinski definition) is 1. The van der Waals surface area contributed by atoms with Crippen molar-refractivity contribution in [3.8, 4) is 11.3 Å². The second kappa shape index (κ2) is 5.07. The lowest BCUT2D eigenvalue weighted by Crippen LogP contribution is -2.00. The van der Waals surface area contributed by atoms with Crippen LogP contribution in [0.4, 0.5) is 13.2 Å². The van der Waals surface area contributed by atoms with Gasteiger partial charge in [-0.1, -0.05) is 12.1 Å². The van der Waals surface area contributed by atoms with Crippen LogP contribution in [0.15, 0.2) is 24.4 Å². The summed E-state index contributed by atoms with van der Waals surface area (Å²) < 4.78 is 41.1. The summed E-state index contributed by atoms with van der Waals surface area (Å²) in [6, 6.07) is 4.39. The van der Waals surface area contributed by atoms with Crippen molar-refractivity contribution in [1.82, 2.24) is 9.78 Å². The van der Waals surface area contributed by atoms with E-state index in [4.69, 9.17) is 0 Å². The number of aryl methyl sites for hydroxylation is 1. The number of aromatic nitrogens is 2. The fraction of sp³-hybridized carbons (Fsp3) is 0.357. The highest BCUT2D eigenvalue weighted by Gasteiger charge is 2.20. The van der Waals surface area contributed by atoms with Crippen LogP contribution in [0, 0.1) is 12.7 Å². The van der Waals surface area contributed by atoms with E-state index in [0.29, 0.717) is 11.1 Å². The van der Waals surface area contributed by atoms with Crippen molar-refractivity contribution in [2.24, 2.45) is 0 Å². The fourth-order valence-electron chi connectivity index (χ4n) is 1.79. The van der Waals surface area contributed by atoms with Crippen molar-refractivity contribution in [3.63, 3.8) is 0 Å². The van der Waals surface area contributed by atoms with Gasteiger partial charge in [0, 0.05) is 17.8 Å². The van der Waals surface area contributed by atoms with Gasteiger partial charge in [-0.05, 0) is 32.4 Å². The predicted octanol–water partition coefficient (Wildman–Crippen LogP) is 4.52. The van der Waals surface area contributed by atoms with Crippen molar-refractivity contribution in [1.29, 1.82) is 0 Å². The zero-order valence-electron chi connectivity index (χ0n) is 11.0. The quantitative estimate of drug-likeness (QED) is 0.800. The van der Waals surface area contributed by atoms with Gasteiger partial charge in [-0.25, -0.2) is 13.2 Å². The Labute approximate surface area is 109 Å². The first kappa shape index (κ1) is 13.6. The van der Waals surface area contributed by atoms with Crippen LogP contribution in [0.25, 0.3) is 11.3 Å². The Kier molecular flexibility index (Phi) is 3.64. The maximum atomic E-state index is 13.5. The number of halogens is 3. The molecular formula is C14H15F3N2. The van der Waals surface area contributed by atoms with Gasteiger partial charge in [0.25, 0.3) is 6.43 Å². The molecule has 19 heavy (non-hydrogen) atoms. The normalized spacial score (nSPS) is 11.6. The molecule has 0 saturated carbocycles. The minimum Gasteiger partial charge on any atom is -0.269 e. The summed E-state index contributed by atoms with van der Waals surface area (Å²) in [5.74, 6) is -0.420. The highest BCUT2D eigenvalue weighted by atomic mass is 19.3. The molecule has 0 unspecified atom stereocenters. The van der Waals surface area contributed by atoms with E-state index in [1.807, 2.05) is 13.8 Å². The second-order valence-corrected chi connectivity index (χ2v) is 4.77. The minimum atomic E-state index is -2.63. The summed E-state index contributed by atoms with van der Waals surface area (Å²) in [7, 11) is 0. The fourth-order valence-corrected chi connectivity index (χ4v) is 1.79. The molecule has 0 spiro atoms. The molecule has 1 heterocycles. The molecule has 0 N–H and O–H groups in total. The highest BCUT2D eigenvalue weighted by Crippen LogP contribution is 2.31. The lowest BCUT2D eigenvalue weighted by atomic mass is 10.1. The summed E-state index contributed by atoms with van der Waals surface area (Å²) in [6.07, 6.45) is -1.31. The number of benzene rings is 1. The van der Waals surface area contributed by atoms with Crippen molar-refractivity contribution < 1.29 is 13.2 Å². The van der Waals surface area contributed by atoms with Crippen LogP contribution >= 0.6 is 0 Å². The first-order valence-corrected chi connectivity index (χ1v) is 6.04. The maximum absolute atomic E-state index is 13.5. The predicted molar refractivity (Wildman–Crippen MR) is 67.7 cm³/mol. The molecule has 2 nitrogen and oxygen atoms in total. The molecule has 0 aliphatic heterocycles. The van der Waals surface area contributed by atoms with Crippen molar-refractivity contribution in [2.75, 3.05) is 0 Å². The third kappa shape index (κ3) is 2.64. The van der Waals surface area contributed by atoms with Gasteiger partial charge in [0.1, 0.15) is 11.5 Å². The average Bonchev–Trinajstić information content (AvgIpc) is 2.78. The summed E-state index contributed by atoms with van der Waals surface area (Å²) >= 11 is 0. The van der Waals surface area contributed by atoms with Crippen molar-refractivity contribution >= 4 is 0 Å². The third-order valence-electron chi connectivity index (χ3n) is 2.97. The summed E-state index contributed by atoms with van der Waals surface area (Å²) in [5, 5.41) is 4.14. The Bertz CT molecular complexity index is 588. The zero-order valence-corrected chi connectivity index (χ0v) is 11.0. The standard InChI is InChI=1S/C14H15F3N2/c1-8(2)19-7-11(14(16)17)13(18-19)10-5-4-9(3)12(15)6-10/h4-8,14H,1-3H3. The van der Waals surface area contributed by atoms with E-state index in [2.05, 4.69) is 5.10 Å². The number of alkyl halides is 2. The Morgan fingerprint density at radius 1 is 1.21 bits per heavy atom. The van der Waals surface area contributed by atoms with Crippen LogP contribution in [0.3, 0.4) is 0 Å². The molecule has 0 aliphatic rings. The van der Waals surface area contributed by atoms with Gasteiger partial charge in [-0.2, -0.15) is 5.10 Å². The summed E-state index contributed by atoms with van der Waals surface area (Å²) in [5.41, 5.74) is 0.822. The minimum absolute atomic E-state index is 0.0263. The number of hydrogen-bond donors (Lipinski definition) is 0. The van der Waals surface area contributed by atoms with Crippen molar-refractivity contribution in [3.05, 3.63) is 41.3 Å². The Balaban J connectivity index is 2.56. The summed E-state index contributed by atoms with van der Waals surface area (Å²) in [4.78, 5) is 0. The van der Waals surface area contributed by atoms with Gasteiger partial charge in [-0.3, -0.25) is 4.68 Å². The van der Waals surface area contributed by atoms with E-state index < -0.39 is 12.2 Å². The van der Waals surface area contributed by atoms with Crippen LogP contribution in [0.5, 0.6) is 0 Å². The van der Waals surface area contributed by atoms with E-state index in [9.17, 15) is 13.2 Å². The molecule has 2 aromatic rings. The van der Waals surface area contributed by atoms with Gasteiger partial charge in [0.05, 0.1) is 5.56 Å². The molecule has 0 fully saturated rings. The SMILES string of the molecule is Cc1ccc(-c2nn(C(C)C)cc2C(F)F)cc1F. The zero-order chi connectivity index (χ0) is 14.2. The first-order chi connectivity index (χ1) is 8.90. The molecule has 2 rings (SSSR count). The highest BCUT2D eigenvalue weighted by molar-refractivity contribution is 5.63. The van der Waals surface area contributed by atoms with Crippen LogP contribution in [-0.4, -0.2) is 9.78 Å². The Morgan fingerprint density at radius 3 is 2.42 bits per heavy atom. The lowest BCUT2D eigenvalue weighted by Gasteiger charge is -2.04. The van der Waals surface area contributed by atoms with Crippen LogP contribution in [-0.2, 0) is 0 Å². The average molecular weight is 268 g/mol. The Morgan fingerprint density at radius 2 is 1.89 bits per heavy atom. The molecule has 0 bridgehead atoms. The molecule has 1 aromatic heterocycles. The van der Waals surface area contributed by atoms with Gasteiger partial charge >= 0.3 is 0 Å². The lowest BCUT2D eigenvalue weighted by molar-refractivity contribution is 0.152. The van der Waals surface area contributed by atoms with Gasteiger partial charge in [0.2, 0.25) is 0 Å².